The second kappa shape index (κ2) is 9.95. The van der Waals surface area contributed by atoms with Gasteiger partial charge in [0.2, 0.25) is 11.8 Å². The first-order valence-electron chi connectivity index (χ1n) is 11.2. The maximum absolute atomic E-state index is 12.7. The van der Waals surface area contributed by atoms with Gasteiger partial charge in [0.05, 0.1) is 12.5 Å². The van der Waals surface area contributed by atoms with Gasteiger partial charge in [-0.05, 0) is 70.6 Å². The van der Waals surface area contributed by atoms with Crippen LogP contribution in [0.25, 0.3) is 11.5 Å². The molecule has 1 saturated heterocycles. The fourth-order valence-electron chi connectivity index (χ4n) is 3.99. The first kappa shape index (κ1) is 22.7. The summed E-state index contributed by atoms with van der Waals surface area (Å²) < 4.78 is 5.85. The van der Waals surface area contributed by atoms with Crippen LogP contribution in [0.4, 0.5) is 5.69 Å². The predicted molar refractivity (Wildman–Crippen MR) is 126 cm³/mol. The predicted octanol–water partition coefficient (Wildman–Crippen LogP) is 3.56. The van der Waals surface area contributed by atoms with E-state index in [2.05, 4.69) is 25.5 Å². The van der Waals surface area contributed by atoms with Crippen molar-refractivity contribution < 1.29 is 14.0 Å². The van der Waals surface area contributed by atoms with Crippen LogP contribution in [0.2, 0.25) is 0 Å². The number of amides is 2. The Hall–Kier alpha value is -3.52. The molecular formula is C25H29N5O3. The highest BCUT2D eigenvalue weighted by atomic mass is 16.4. The number of hydrogen-bond donors (Lipinski definition) is 2. The molecule has 3 aromatic rings. The minimum atomic E-state index is -0.263. The van der Waals surface area contributed by atoms with Gasteiger partial charge < -0.3 is 20.0 Å². The smallest absolute Gasteiger partial charge is 0.270 e. The lowest BCUT2D eigenvalue weighted by molar-refractivity contribution is -0.121. The second-order valence-corrected chi connectivity index (χ2v) is 8.54. The largest absolute Gasteiger partial charge is 0.441 e. The number of rotatable bonds is 6. The number of hydrogen-bond acceptors (Lipinski definition) is 6. The molecule has 0 aliphatic carbocycles. The molecule has 0 bridgehead atoms. The summed E-state index contributed by atoms with van der Waals surface area (Å²) in [6.07, 6.45) is 1.94. The Kier molecular flexibility index (Phi) is 6.84. The third-order valence-corrected chi connectivity index (χ3v) is 5.80. The summed E-state index contributed by atoms with van der Waals surface area (Å²) in [6, 6.07) is 12.8. The second-order valence-electron chi connectivity index (χ2n) is 8.54. The Bertz CT molecular complexity index is 1160. The highest BCUT2D eigenvalue weighted by molar-refractivity contribution is 5.93. The average molecular weight is 448 g/mol. The van der Waals surface area contributed by atoms with Crippen LogP contribution in [-0.4, -0.2) is 46.8 Å². The molecule has 1 atom stereocenters. The van der Waals surface area contributed by atoms with E-state index in [1.54, 1.807) is 12.1 Å². The highest BCUT2D eigenvalue weighted by Gasteiger charge is 2.24. The van der Waals surface area contributed by atoms with E-state index < -0.39 is 0 Å². The molecular weight excluding hydrogens is 418 g/mol. The van der Waals surface area contributed by atoms with Gasteiger partial charge in [0.15, 0.2) is 0 Å². The number of nitrogens with zero attached hydrogens (tertiary/aromatic N) is 3. The van der Waals surface area contributed by atoms with Crippen molar-refractivity contribution in [1.29, 1.82) is 0 Å². The molecule has 2 aromatic heterocycles. The fourth-order valence-corrected chi connectivity index (χ4v) is 3.99. The van der Waals surface area contributed by atoms with Gasteiger partial charge in [0.1, 0.15) is 17.1 Å². The average Bonchev–Trinajstić information content (AvgIpc) is 3.18. The Morgan fingerprint density at radius 3 is 2.76 bits per heavy atom. The van der Waals surface area contributed by atoms with Crippen LogP contribution in [0.15, 0.2) is 46.9 Å². The quantitative estimate of drug-likeness (QED) is 0.599. The molecule has 1 unspecified atom stereocenters. The van der Waals surface area contributed by atoms with Crippen molar-refractivity contribution in [3.05, 3.63) is 65.3 Å². The molecule has 33 heavy (non-hydrogen) atoms. The number of nitrogens with one attached hydrogen (secondary N) is 2. The summed E-state index contributed by atoms with van der Waals surface area (Å²) in [6.45, 7) is 5.70. The van der Waals surface area contributed by atoms with Crippen molar-refractivity contribution in [2.75, 3.05) is 25.5 Å². The van der Waals surface area contributed by atoms with E-state index >= 15 is 0 Å². The van der Waals surface area contributed by atoms with Crippen LogP contribution in [0.3, 0.4) is 0 Å². The third kappa shape index (κ3) is 5.64. The van der Waals surface area contributed by atoms with Crippen molar-refractivity contribution in [3.63, 3.8) is 0 Å². The van der Waals surface area contributed by atoms with Gasteiger partial charge in [0, 0.05) is 23.5 Å². The summed E-state index contributed by atoms with van der Waals surface area (Å²) in [7, 11) is 2.04. The van der Waals surface area contributed by atoms with Gasteiger partial charge in [-0.3, -0.25) is 9.59 Å². The number of aromatic nitrogens is 2. The van der Waals surface area contributed by atoms with Crippen molar-refractivity contribution >= 4 is 17.5 Å². The molecule has 0 radical (unpaired) electrons. The van der Waals surface area contributed by atoms with Gasteiger partial charge in [-0.15, -0.1) is 0 Å². The van der Waals surface area contributed by atoms with E-state index in [0.29, 0.717) is 28.7 Å². The lowest BCUT2D eigenvalue weighted by Gasteiger charge is -2.28. The van der Waals surface area contributed by atoms with E-state index in [9.17, 15) is 9.59 Å². The summed E-state index contributed by atoms with van der Waals surface area (Å²) in [4.78, 5) is 36.1. The van der Waals surface area contributed by atoms with Crippen molar-refractivity contribution in [3.8, 4) is 11.5 Å². The lowest BCUT2D eigenvalue weighted by Crippen LogP contribution is -2.38. The molecule has 172 valence electrons. The number of anilines is 1. The Labute approximate surface area is 193 Å². The number of piperidine rings is 1. The van der Waals surface area contributed by atoms with Gasteiger partial charge in [-0.2, -0.15) is 0 Å². The zero-order valence-electron chi connectivity index (χ0n) is 19.2. The summed E-state index contributed by atoms with van der Waals surface area (Å²) in [5.74, 6) is 0.840. The standard InChI is InChI=1S/C25H29N5O3/c1-16-7-4-11-21(27-16)24(32)26-14-22-17(2)33-25(29-22)18-8-5-10-20(13-18)28-23(31)19-9-6-12-30(3)15-19/h4-5,7-8,10-11,13,19H,6,9,12,14-15H2,1-3H3,(H,26,32)(H,28,31). The Morgan fingerprint density at radius 1 is 1.15 bits per heavy atom. The van der Waals surface area contributed by atoms with E-state index in [0.717, 1.165) is 37.2 Å². The van der Waals surface area contributed by atoms with Gasteiger partial charge in [-0.1, -0.05) is 12.1 Å². The van der Waals surface area contributed by atoms with E-state index in [-0.39, 0.29) is 24.3 Å². The zero-order valence-corrected chi connectivity index (χ0v) is 19.2. The van der Waals surface area contributed by atoms with Crippen molar-refractivity contribution in [2.45, 2.75) is 33.2 Å². The Morgan fingerprint density at radius 2 is 1.97 bits per heavy atom. The molecule has 8 nitrogen and oxygen atoms in total. The molecule has 2 N–H and O–H groups in total. The molecule has 1 aliphatic heterocycles. The summed E-state index contributed by atoms with van der Waals surface area (Å²) in [5, 5.41) is 5.87. The third-order valence-electron chi connectivity index (χ3n) is 5.80. The molecule has 1 aliphatic rings. The number of aryl methyl sites for hydroxylation is 2. The van der Waals surface area contributed by atoms with Gasteiger partial charge in [0.25, 0.3) is 5.91 Å². The molecule has 1 fully saturated rings. The van der Waals surface area contributed by atoms with E-state index in [4.69, 9.17) is 4.42 Å². The zero-order chi connectivity index (χ0) is 23.4. The highest BCUT2D eigenvalue weighted by Crippen LogP contribution is 2.25. The topological polar surface area (TPSA) is 100 Å². The number of carbonyl (C=O) groups excluding carboxylic acids is 2. The van der Waals surface area contributed by atoms with E-state index in [1.807, 2.05) is 51.2 Å². The number of pyridine rings is 1. The normalized spacial score (nSPS) is 16.4. The van der Waals surface area contributed by atoms with Crippen LogP contribution < -0.4 is 10.6 Å². The molecule has 4 rings (SSSR count). The van der Waals surface area contributed by atoms with Crippen LogP contribution in [0.1, 0.15) is 40.5 Å². The van der Waals surface area contributed by atoms with Crippen LogP contribution >= 0.6 is 0 Å². The molecule has 3 heterocycles. The first-order chi connectivity index (χ1) is 15.9. The van der Waals surface area contributed by atoms with Crippen molar-refractivity contribution in [1.82, 2.24) is 20.2 Å². The van der Waals surface area contributed by atoms with Crippen LogP contribution in [-0.2, 0) is 11.3 Å². The minimum absolute atomic E-state index is 0.00510. The lowest BCUT2D eigenvalue weighted by atomic mass is 9.97. The Balaban J connectivity index is 1.42. The fraction of sp³-hybridized carbons (Fsp3) is 0.360. The minimum Gasteiger partial charge on any atom is -0.441 e. The van der Waals surface area contributed by atoms with Gasteiger partial charge in [-0.25, -0.2) is 9.97 Å². The van der Waals surface area contributed by atoms with Gasteiger partial charge >= 0.3 is 0 Å². The maximum atomic E-state index is 12.7. The molecule has 0 saturated carbocycles. The SMILES string of the molecule is Cc1cccc(C(=O)NCc2nc(-c3cccc(NC(=O)C4CCCN(C)C4)c3)oc2C)n1. The molecule has 2 amide bonds. The summed E-state index contributed by atoms with van der Waals surface area (Å²) in [5.41, 5.74) is 3.26. The van der Waals surface area contributed by atoms with Crippen molar-refractivity contribution in [2.24, 2.45) is 5.92 Å². The van der Waals surface area contributed by atoms with Crippen LogP contribution in [0, 0.1) is 19.8 Å². The molecule has 1 aromatic carbocycles. The number of likely N-dealkylation sites (tertiary alicyclic amines) is 1. The maximum Gasteiger partial charge on any atom is 0.270 e. The monoisotopic (exact) mass is 447 g/mol. The molecule has 8 heteroatoms. The molecule has 0 spiro atoms. The number of oxazole rings is 1. The first-order valence-corrected chi connectivity index (χ1v) is 11.2. The van der Waals surface area contributed by atoms with Crippen LogP contribution in [0.5, 0.6) is 0 Å². The van der Waals surface area contributed by atoms with E-state index in [1.165, 1.54) is 0 Å². The number of carbonyl (C=O) groups is 2. The number of benzene rings is 1. The summed E-state index contributed by atoms with van der Waals surface area (Å²) >= 11 is 0.